The molecule has 0 spiro atoms. The van der Waals surface area contributed by atoms with Crippen LogP contribution in [0.4, 0.5) is 30.7 Å². The second kappa shape index (κ2) is 9.47. The van der Waals surface area contributed by atoms with Crippen molar-refractivity contribution < 1.29 is 62.8 Å². The molecule has 0 fully saturated rings. The SMILES string of the molecule is C=C(C)C(=O)OC(OCCC(F)(F)C(F)(F)S(=O)(=O)[O-])(C(=O)NCCC)C(F)(F)F. The highest BCUT2D eigenvalue weighted by Crippen LogP contribution is 2.42. The average Bonchev–Trinajstić information content (AvgIpc) is 2.55. The van der Waals surface area contributed by atoms with E-state index in [-0.39, 0.29) is 6.42 Å². The predicted octanol–water partition coefficient (Wildman–Crippen LogP) is 2.07. The molecule has 0 rings (SSSR count). The number of hydrogen-bond donors (Lipinski definition) is 1. The van der Waals surface area contributed by atoms with E-state index in [9.17, 15) is 53.3 Å². The Morgan fingerprint density at radius 1 is 1.10 bits per heavy atom. The van der Waals surface area contributed by atoms with Crippen LogP contribution in [0, 0.1) is 0 Å². The largest absolute Gasteiger partial charge is 0.743 e. The molecule has 0 aromatic carbocycles. The Labute approximate surface area is 166 Å². The van der Waals surface area contributed by atoms with Crippen LogP contribution in [0.15, 0.2) is 12.2 Å². The van der Waals surface area contributed by atoms with Gasteiger partial charge < -0.3 is 19.3 Å². The van der Waals surface area contributed by atoms with Crippen LogP contribution < -0.4 is 5.32 Å². The number of nitrogens with one attached hydrogen (secondary N) is 1. The van der Waals surface area contributed by atoms with Crippen LogP contribution in [-0.4, -0.2) is 61.1 Å². The van der Waals surface area contributed by atoms with E-state index in [2.05, 4.69) is 16.1 Å². The van der Waals surface area contributed by atoms with Crippen LogP contribution in [0.1, 0.15) is 26.7 Å². The molecule has 0 aliphatic carbocycles. The zero-order valence-electron chi connectivity index (χ0n) is 15.4. The number of ether oxygens (including phenoxy) is 2. The number of esters is 1. The predicted molar refractivity (Wildman–Crippen MR) is 83.2 cm³/mol. The maximum atomic E-state index is 13.5. The molecule has 0 heterocycles. The van der Waals surface area contributed by atoms with Gasteiger partial charge in [-0.3, -0.25) is 4.79 Å². The normalized spacial score (nSPS) is 15.3. The minimum Gasteiger partial charge on any atom is -0.743 e. The zero-order chi connectivity index (χ0) is 24.2. The standard InChI is InChI=1S/C14H18F7NO7S/c1-4-6-22-10(24)12(13(17,18)19,29-9(23)8(2)3)28-7-5-11(15,16)14(20,21)30(25,26)27/h2,4-7H2,1,3H3,(H,22,24)(H,25,26,27)/p-1. The molecule has 8 nitrogen and oxygen atoms in total. The van der Waals surface area contributed by atoms with Gasteiger partial charge in [-0.05, 0) is 13.3 Å². The average molecular weight is 476 g/mol. The molecule has 1 amide bonds. The summed E-state index contributed by atoms with van der Waals surface area (Å²) in [4.78, 5) is 23.6. The van der Waals surface area contributed by atoms with Crippen molar-refractivity contribution in [2.45, 2.75) is 49.8 Å². The van der Waals surface area contributed by atoms with Crippen molar-refractivity contribution in [3.05, 3.63) is 12.2 Å². The third kappa shape index (κ3) is 6.04. The number of carbonyl (C=O) groups is 2. The summed E-state index contributed by atoms with van der Waals surface area (Å²) in [6.45, 7) is 2.79. The highest BCUT2D eigenvalue weighted by atomic mass is 32.2. The molecule has 30 heavy (non-hydrogen) atoms. The molecule has 1 unspecified atom stereocenters. The van der Waals surface area contributed by atoms with E-state index in [1.54, 1.807) is 5.32 Å². The Morgan fingerprint density at radius 2 is 1.60 bits per heavy atom. The number of alkyl halides is 7. The first kappa shape index (κ1) is 28.1. The van der Waals surface area contributed by atoms with Crippen LogP contribution >= 0.6 is 0 Å². The molecular weight excluding hydrogens is 459 g/mol. The van der Waals surface area contributed by atoms with E-state index in [4.69, 9.17) is 0 Å². The number of amides is 1. The molecule has 0 saturated heterocycles. The Bertz CT molecular complexity index is 767. The molecule has 1 N–H and O–H groups in total. The van der Waals surface area contributed by atoms with E-state index >= 15 is 0 Å². The Hall–Kier alpha value is -1.94. The minimum atomic E-state index is -6.90. The van der Waals surface area contributed by atoms with Gasteiger partial charge in [0.2, 0.25) is 0 Å². The highest BCUT2D eigenvalue weighted by molar-refractivity contribution is 7.86. The van der Waals surface area contributed by atoms with Crippen LogP contribution in [-0.2, 0) is 29.2 Å². The summed E-state index contributed by atoms with van der Waals surface area (Å²) in [6, 6.07) is 0. The molecule has 0 saturated carbocycles. The minimum absolute atomic E-state index is 0.0831. The third-order valence-corrected chi connectivity index (χ3v) is 4.18. The second-order valence-corrected chi connectivity index (χ2v) is 7.23. The van der Waals surface area contributed by atoms with Crippen molar-refractivity contribution in [2.24, 2.45) is 0 Å². The monoisotopic (exact) mass is 476 g/mol. The van der Waals surface area contributed by atoms with Crippen LogP contribution in [0.3, 0.4) is 0 Å². The Kier molecular flexibility index (Phi) is 8.85. The molecule has 0 aromatic rings. The van der Waals surface area contributed by atoms with Crippen molar-refractivity contribution in [2.75, 3.05) is 13.2 Å². The molecular formula is C14H17F7NO7S-. The van der Waals surface area contributed by atoms with E-state index in [0.29, 0.717) is 0 Å². The number of hydrogen-bond acceptors (Lipinski definition) is 7. The van der Waals surface area contributed by atoms with Crippen LogP contribution in [0.2, 0.25) is 0 Å². The molecule has 16 heteroatoms. The number of halogens is 7. The molecule has 0 bridgehead atoms. The van der Waals surface area contributed by atoms with E-state index in [0.717, 1.165) is 6.92 Å². The molecule has 0 aliphatic heterocycles. The van der Waals surface area contributed by atoms with Gasteiger partial charge in [-0.15, -0.1) is 0 Å². The van der Waals surface area contributed by atoms with Gasteiger partial charge in [-0.2, -0.15) is 30.7 Å². The van der Waals surface area contributed by atoms with E-state index < -0.39 is 70.3 Å². The van der Waals surface area contributed by atoms with Crippen molar-refractivity contribution >= 4 is 22.0 Å². The second-order valence-electron chi connectivity index (χ2n) is 5.81. The molecule has 0 radical (unpaired) electrons. The summed E-state index contributed by atoms with van der Waals surface area (Å²) < 4.78 is 133. The highest BCUT2D eigenvalue weighted by Gasteiger charge is 2.67. The van der Waals surface area contributed by atoms with Gasteiger partial charge in [0.25, 0.3) is 0 Å². The Balaban J connectivity index is 5.97. The van der Waals surface area contributed by atoms with Gasteiger partial charge in [0.1, 0.15) is 0 Å². The van der Waals surface area contributed by atoms with Crippen molar-refractivity contribution in [3.63, 3.8) is 0 Å². The molecule has 0 aromatic heterocycles. The maximum Gasteiger partial charge on any atom is 0.466 e. The smallest absolute Gasteiger partial charge is 0.466 e. The first-order chi connectivity index (χ1) is 13.3. The van der Waals surface area contributed by atoms with Gasteiger partial charge in [0.15, 0.2) is 10.1 Å². The number of rotatable bonds is 11. The first-order valence-electron chi connectivity index (χ1n) is 7.85. The summed E-state index contributed by atoms with van der Waals surface area (Å²) in [5.41, 5.74) is -0.662. The summed E-state index contributed by atoms with van der Waals surface area (Å²) >= 11 is 0. The quantitative estimate of drug-likeness (QED) is 0.159. The summed E-state index contributed by atoms with van der Waals surface area (Å²) in [5, 5.41) is -4.54. The van der Waals surface area contributed by atoms with Crippen molar-refractivity contribution in [3.8, 4) is 0 Å². The van der Waals surface area contributed by atoms with E-state index in [1.165, 1.54) is 6.92 Å². The lowest BCUT2D eigenvalue weighted by atomic mass is 10.2. The zero-order valence-corrected chi connectivity index (χ0v) is 16.3. The van der Waals surface area contributed by atoms with Crippen molar-refractivity contribution in [1.29, 1.82) is 0 Å². The van der Waals surface area contributed by atoms with Gasteiger partial charge in [-0.25, -0.2) is 13.2 Å². The third-order valence-electron chi connectivity index (χ3n) is 3.25. The van der Waals surface area contributed by atoms with E-state index in [1.807, 2.05) is 0 Å². The van der Waals surface area contributed by atoms with Gasteiger partial charge >= 0.3 is 35.0 Å². The van der Waals surface area contributed by atoms with Crippen molar-refractivity contribution in [1.82, 2.24) is 5.32 Å². The lowest BCUT2D eigenvalue weighted by molar-refractivity contribution is -0.349. The van der Waals surface area contributed by atoms with Gasteiger partial charge in [0.05, 0.1) is 6.61 Å². The fraction of sp³-hybridized carbons (Fsp3) is 0.714. The number of carbonyl (C=O) groups excluding carboxylic acids is 2. The fourth-order valence-corrected chi connectivity index (χ4v) is 2.10. The lowest BCUT2D eigenvalue weighted by Crippen LogP contribution is -2.62. The molecule has 1 atom stereocenters. The first-order valence-corrected chi connectivity index (χ1v) is 9.26. The summed E-state index contributed by atoms with van der Waals surface area (Å²) in [6.07, 6.45) is -8.26. The topological polar surface area (TPSA) is 122 Å². The molecule has 0 aliphatic rings. The summed E-state index contributed by atoms with van der Waals surface area (Å²) in [5.74, 6) is -14.2. The van der Waals surface area contributed by atoms with Crippen LogP contribution in [0.5, 0.6) is 0 Å². The van der Waals surface area contributed by atoms with Crippen LogP contribution in [0.25, 0.3) is 0 Å². The van der Waals surface area contributed by atoms with Gasteiger partial charge in [-0.1, -0.05) is 13.5 Å². The fourth-order valence-electron chi connectivity index (χ4n) is 1.63. The Morgan fingerprint density at radius 3 is 1.97 bits per heavy atom. The molecule has 176 valence electrons. The maximum absolute atomic E-state index is 13.5. The summed E-state index contributed by atoms with van der Waals surface area (Å²) in [7, 11) is -6.90. The lowest BCUT2D eigenvalue weighted by Gasteiger charge is -2.34. The van der Waals surface area contributed by atoms with Gasteiger partial charge in [0, 0.05) is 18.5 Å².